The second-order valence-corrected chi connectivity index (χ2v) is 6.03. The van der Waals surface area contributed by atoms with E-state index in [4.69, 9.17) is 0 Å². The number of hydrogen-bond donors (Lipinski definition) is 1. The molecule has 2 rings (SSSR count). The largest absolute Gasteiger partial charge is 0.315 e. The highest BCUT2D eigenvalue weighted by atomic mass is 15.2. The van der Waals surface area contributed by atoms with Crippen LogP contribution in [0, 0.1) is 11.8 Å². The molecule has 1 aliphatic carbocycles. The molecule has 1 saturated heterocycles. The summed E-state index contributed by atoms with van der Waals surface area (Å²) in [5, 5.41) is 3.56. The van der Waals surface area contributed by atoms with E-state index in [9.17, 15) is 0 Å². The standard InChI is InChI=1S/C14H28N2/c1-11-6-4-5-7-13(11)16(3)14-10-15-9-8-12(14)2/h11-15H,4-10H2,1-3H3. The van der Waals surface area contributed by atoms with Crippen molar-refractivity contribution in [3.05, 3.63) is 0 Å². The van der Waals surface area contributed by atoms with Crippen molar-refractivity contribution in [3.63, 3.8) is 0 Å². The number of piperidine rings is 1. The summed E-state index contributed by atoms with van der Waals surface area (Å²) < 4.78 is 0. The van der Waals surface area contributed by atoms with Gasteiger partial charge in [0.1, 0.15) is 0 Å². The number of nitrogens with zero attached hydrogens (tertiary/aromatic N) is 1. The molecule has 2 fully saturated rings. The molecule has 0 radical (unpaired) electrons. The van der Waals surface area contributed by atoms with Crippen LogP contribution in [-0.2, 0) is 0 Å². The molecule has 4 unspecified atom stereocenters. The van der Waals surface area contributed by atoms with E-state index in [1.165, 1.54) is 45.2 Å². The fraction of sp³-hybridized carbons (Fsp3) is 1.00. The molecular weight excluding hydrogens is 196 g/mol. The smallest absolute Gasteiger partial charge is 0.0246 e. The summed E-state index contributed by atoms with van der Waals surface area (Å²) in [6.07, 6.45) is 7.08. The Bertz CT molecular complexity index is 195. The van der Waals surface area contributed by atoms with Gasteiger partial charge in [-0.3, -0.25) is 4.90 Å². The van der Waals surface area contributed by atoms with Crippen molar-refractivity contribution in [1.29, 1.82) is 0 Å². The fourth-order valence-corrected chi connectivity index (χ4v) is 3.67. The minimum absolute atomic E-state index is 0.763. The molecule has 0 bridgehead atoms. The summed E-state index contributed by atoms with van der Waals surface area (Å²) in [6, 6.07) is 1.60. The molecule has 1 N–H and O–H groups in total. The molecule has 1 aliphatic heterocycles. The molecule has 1 saturated carbocycles. The van der Waals surface area contributed by atoms with Gasteiger partial charge in [0.25, 0.3) is 0 Å². The first-order valence-electron chi connectivity index (χ1n) is 7.13. The average molecular weight is 224 g/mol. The normalized spacial score (nSPS) is 41.2. The van der Waals surface area contributed by atoms with E-state index in [0.717, 1.165) is 23.9 Å². The Kier molecular flexibility index (Phi) is 4.26. The summed E-state index contributed by atoms with van der Waals surface area (Å²) in [7, 11) is 2.36. The number of likely N-dealkylation sites (N-methyl/N-ethyl adjacent to an activating group) is 1. The fourth-order valence-electron chi connectivity index (χ4n) is 3.67. The van der Waals surface area contributed by atoms with Gasteiger partial charge in [-0.2, -0.15) is 0 Å². The first kappa shape index (κ1) is 12.4. The van der Waals surface area contributed by atoms with Crippen molar-refractivity contribution in [2.24, 2.45) is 11.8 Å². The van der Waals surface area contributed by atoms with Crippen molar-refractivity contribution in [1.82, 2.24) is 10.2 Å². The maximum Gasteiger partial charge on any atom is 0.0246 e. The highest BCUT2D eigenvalue weighted by Gasteiger charge is 2.32. The molecule has 2 aliphatic rings. The highest BCUT2D eigenvalue weighted by Crippen LogP contribution is 2.30. The van der Waals surface area contributed by atoms with Crippen molar-refractivity contribution in [3.8, 4) is 0 Å². The van der Waals surface area contributed by atoms with E-state index >= 15 is 0 Å². The lowest BCUT2D eigenvalue weighted by molar-refractivity contribution is 0.0582. The molecule has 1 heterocycles. The minimum atomic E-state index is 0.763. The molecule has 16 heavy (non-hydrogen) atoms. The first-order valence-corrected chi connectivity index (χ1v) is 7.13. The number of nitrogens with one attached hydrogen (secondary N) is 1. The Morgan fingerprint density at radius 3 is 2.31 bits per heavy atom. The van der Waals surface area contributed by atoms with E-state index in [-0.39, 0.29) is 0 Å². The molecule has 4 atom stereocenters. The SMILES string of the molecule is CC1CCCCC1N(C)C1CNCCC1C. The lowest BCUT2D eigenvalue weighted by Gasteiger charge is -2.44. The van der Waals surface area contributed by atoms with E-state index in [0.29, 0.717) is 0 Å². The summed E-state index contributed by atoms with van der Waals surface area (Å²) in [5.41, 5.74) is 0. The zero-order chi connectivity index (χ0) is 11.5. The predicted molar refractivity (Wildman–Crippen MR) is 69.6 cm³/mol. The van der Waals surface area contributed by atoms with E-state index in [1.54, 1.807) is 0 Å². The molecule has 2 heteroatoms. The van der Waals surface area contributed by atoms with Gasteiger partial charge in [-0.1, -0.05) is 26.7 Å². The van der Waals surface area contributed by atoms with Crippen LogP contribution in [0.4, 0.5) is 0 Å². The highest BCUT2D eigenvalue weighted by molar-refractivity contribution is 4.88. The Morgan fingerprint density at radius 2 is 1.62 bits per heavy atom. The summed E-state index contributed by atoms with van der Waals surface area (Å²) in [6.45, 7) is 7.28. The van der Waals surface area contributed by atoms with Crippen LogP contribution in [0.5, 0.6) is 0 Å². The summed E-state index contributed by atoms with van der Waals surface area (Å²) in [4.78, 5) is 2.70. The van der Waals surface area contributed by atoms with Crippen LogP contribution in [0.1, 0.15) is 46.0 Å². The van der Waals surface area contributed by atoms with Crippen LogP contribution in [0.3, 0.4) is 0 Å². The average Bonchev–Trinajstić information content (AvgIpc) is 2.29. The Labute approximate surface area is 101 Å². The maximum atomic E-state index is 3.56. The molecule has 0 aromatic rings. The van der Waals surface area contributed by atoms with E-state index in [1.807, 2.05) is 0 Å². The topological polar surface area (TPSA) is 15.3 Å². The maximum absolute atomic E-state index is 3.56. The molecule has 0 aromatic heterocycles. The minimum Gasteiger partial charge on any atom is -0.315 e. The van der Waals surface area contributed by atoms with Gasteiger partial charge in [-0.05, 0) is 44.7 Å². The van der Waals surface area contributed by atoms with Crippen LogP contribution >= 0.6 is 0 Å². The Balaban J connectivity index is 1.96. The van der Waals surface area contributed by atoms with Gasteiger partial charge in [-0.15, -0.1) is 0 Å². The van der Waals surface area contributed by atoms with Gasteiger partial charge in [0, 0.05) is 18.6 Å². The Morgan fingerprint density at radius 1 is 0.938 bits per heavy atom. The zero-order valence-electron chi connectivity index (χ0n) is 11.2. The third kappa shape index (κ3) is 2.60. The second kappa shape index (κ2) is 5.50. The second-order valence-electron chi connectivity index (χ2n) is 6.03. The lowest BCUT2D eigenvalue weighted by Crippen LogP contribution is -2.54. The summed E-state index contributed by atoms with van der Waals surface area (Å²) in [5.74, 6) is 1.76. The van der Waals surface area contributed by atoms with Crippen LogP contribution in [-0.4, -0.2) is 37.1 Å². The van der Waals surface area contributed by atoms with Gasteiger partial charge < -0.3 is 5.32 Å². The van der Waals surface area contributed by atoms with Gasteiger partial charge >= 0.3 is 0 Å². The van der Waals surface area contributed by atoms with Gasteiger partial charge in [0.05, 0.1) is 0 Å². The molecule has 0 spiro atoms. The number of hydrogen-bond acceptors (Lipinski definition) is 2. The van der Waals surface area contributed by atoms with Crippen LogP contribution < -0.4 is 5.32 Å². The van der Waals surface area contributed by atoms with Crippen LogP contribution in [0.15, 0.2) is 0 Å². The van der Waals surface area contributed by atoms with Crippen molar-refractivity contribution in [2.45, 2.75) is 58.0 Å². The first-order chi connectivity index (χ1) is 7.70. The third-order valence-corrected chi connectivity index (χ3v) is 4.90. The Hall–Kier alpha value is -0.0800. The van der Waals surface area contributed by atoms with Crippen molar-refractivity contribution < 1.29 is 0 Å². The van der Waals surface area contributed by atoms with Gasteiger partial charge in [0.15, 0.2) is 0 Å². The van der Waals surface area contributed by atoms with E-state index < -0.39 is 0 Å². The lowest BCUT2D eigenvalue weighted by atomic mass is 9.82. The molecular formula is C14H28N2. The number of rotatable bonds is 2. The summed E-state index contributed by atoms with van der Waals surface area (Å²) >= 11 is 0. The molecule has 94 valence electrons. The predicted octanol–water partition coefficient (Wildman–Crippen LogP) is 2.49. The van der Waals surface area contributed by atoms with Crippen molar-refractivity contribution >= 4 is 0 Å². The van der Waals surface area contributed by atoms with E-state index in [2.05, 4.69) is 31.1 Å². The van der Waals surface area contributed by atoms with Gasteiger partial charge in [0.2, 0.25) is 0 Å². The van der Waals surface area contributed by atoms with Crippen molar-refractivity contribution in [2.75, 3.05) is 20.1 Å². The zero-order valence-corrected chi connectivity index (χ0v) is 11.2. The van der Waals surface area contributed by atoms with Crippen LogP contribution in [0.2, 0.25) is 0 Å². The van der Waals surface area contributed by atoms with Gasteiger partial charge in [-0.25, -0.2) is 0 Å². The third-order valence-electron chi connectivity index (χ3n) is 4.90. The monoisotopic (exact) mass is 224 g/mol. The quantitative estimate of drug-likeness (QED) is 0.775. The molecule has 0 amide bonds. The molecule has 0 aromatic carbocycles. The van der Waals surface area contributed by atoms with Crippen LogP contribution in [0.25, 0.3) is 0 Å². The molecule has 2 nitrogen and oxygen atoms in total.